The second kappa shape index (κ2) is 2.73. The summed E-state index contributed by atoms with van der Waals surface area (Å²) in [5.74, 6) is 1.10. The van der Waals surface area contributed by atoms with E-state index >= 15 is 0 Å². The van der Waals surface area contributed by atoms with E-state index in [1.165, 1.54) is 45.1 Å². The number of piperidine rings is 1. The molecule has 0 spiro atoms. The van der Waals surface area contributed by atoms with E-state index in [2.05, 4.69) is 4.90 Å². The van der Waals surface area contributed by atoms with Crippen LogP contribution in [0.4, 0.5) is 0 Å². The minimum Gasteiger partial charge on any atom is -0.297 e. The zero-order valence-corrected chi connectivity index (χ0v) is 7.84. The summed E-state index contributed by atoms with van der Waals surface area (Å²) < 4.78 is 0. The fraction of sp³-hybridized carbons (Fsp3) is 1.00. The van der Waals surface area contributed by atoms with Crippen LogP contribution in [0.1, 0.15) is 44.9 Å². The zero-order valence-electron chi connectivity index (χ0n) is 7.84. The van der Waals surface area contributed by atoms with Crippen molar-refractivity contribution in [3.63, 3.8) is 0 Å². The highest BCUT2D eigenvalue weighted by Gasteiger charge is 2.43. The van der Waals surface area contributed by atoms with Gasteiger partial charge in [0, 0.05) is 12.1 Å². The first-order chi connectivity index (χ1) is 5.95. The average molecular weight is 165 g/mol. The van der Waals surface area contributed by atoms with E-state index in [4.69, 9.17) is 0 Å². The van der Waals surface area contributed by atoms with Crippen molar-refractivity contribution in [2.45, 2.75) is 57.0 Å². The van der Waals surface area contributed by atoms with Gasteiger partial charge in [-0.2, -0.15) is 0 Å². The highest BCUT2D eigenvalue weighted by Crippen LogP contribution is 2.43. The molecule has 0 aromatic rings. The van der Waals surface area contributed by atoms with Crippen molar-refractivity contribution >= 4 is 0 Å². The van der Waals surface area contributed by atoms with Gasteiger partial charge in [0.05, 0.1) is 0 Å². The first-order valence-corrected chi connectivity index (χ1v) is 5.71. The lowest BCUT2D eigenvalue weighted by molar-refractivity contribution is 0.145. The highest BCUT2D eigenvalue weighted by molar-refractivity contribution is 4.98. The fourth-order valence-electron chi connectivity index (χ4n) is 3.79. The molecule has 1 heteroatoms. The minimum atomic E-state index is 1.01. The third kappa shape index (κ3) is 0.953. The Morgan fingerprint density at radius 2 is 1.92 bits per heavy atom. The zero-order chi connectivity index (χ0) is 7.97. The Morgan fingerprint density at radius 1 is 0.917 bits per heavy atom. The van der Waals surface area contributed by atoms with Crippen LogP contribution in [0.15, 0.2) is 0 Å². The average Bonchev–Trinajstić information content (AvgIpc) is 2.62. The van der Waals surface area contributed by atoms with Gasteiger partial charge < -0.3 is 0 Å². The molecular formula is C11H19N. The molecule has 0 bridgehead atoms. The molecule has 0 aromatic carbocycles. The van der Waals surface area contributed by atoms with Gasteiger partial charge in [0.25, 0.3) is 0 Å². The maximum absolute atomic E-state index is 2.85. The smallest absolute Gasteiger partial charge is 0.0127 e. The number of nitrogens with zero attached hydrogens (tertiary/aromatic N) is 1. The molecule has 3 aliphatic rings. The molecule has 12 heavy (non-hydrogen) atoms. The summed E-state index contributed by atoms with van der Waals surface area (Å²) in [5, 5.41) is 0. The molecule has 1 saturated carbocycles. The Hall–Kier alpha value is -0.0400. The van der Waals surface area contributed by atoms with E-state index in [-0.39, 0.29) is 0 Å². The van der Waals surface area contributed by atoms with Gasteiger partial charge in [-0.1, -0.05) is 12.8 Å². The van der Waals surface area contributed by atoms with Crippen molar-refractivity contribution in [1.82, 2.24) is 4.90 Å². The molecule has 3 fully saturated rings. The molecule has 2 aliphatic heterocycles. The van der Waals surface area contributed by atoms with Crippen LogP contribution in [0.2, 0.25) is 0 Å². The van der Waals surface area contributed by atoms with Gasteiger partial charge in [-0.3, -0.25) is 4.90 Å². The second-order valence-corrected chi connectivity index (χ2v) is 4.88. The minimum absolute atomic E-state index is 1.01. The predicted molar refractivity (Wildman–Crippen MR) is 50.1 cm³/mol. The van der Waals surface area contributed by atoms with Crippen molar-refractivity contribution in [2.24, 2.45) is 5.92 Å². The molecule has 0 N–H and O–H groups in total. The molecule has 3 unspecified atom stereocenters. The van der Waals surface area contributed by atoms with Crippen molar-refractivity contribution < 1.29 is 0 Å². The van der Waals surface area contributed by atoms with Crippen molar-refractivity contribution in [3.8, 4) is 0 Å². The quantitative estimate of drug-likeness (QED) is 0.533. The standard InChI is InChI=1S/C11H19N/c1-2-7-12-10(5-1)8-9-4-3-6-11(9)12/h9-11H,1-8H2. The molecule has 2 saturated heterocycles. The van der Waals surface area contributed by atoms with Crippen LogP contribution in [-0.2, 0) is 0 Å². The molecule has 1 nitrogen and oxygen atoms in total. The molecule has 68 valence electrons. The van der Waals surface area contributed by atoms with E-state index in [0.717, 1.165) is 18.0 Å². The monoisotopic (exact) mass is 165 g/mol. The third-order valence-corrected chi connectivity index (χ3v) is 4.29. The Bertz CT molecular complexity index is 178. The van der Waals surface area contributed by atoms with E-state index in [0.29, 0.717) is 0 Å². The summed E-state index contributed by atoms with van der Waals surface area (Å²) in [6, 6.07) is 2.03. The van der Waals surface area contributed by atoms with Crippen LogP contribution in [0.3, 0.4) is 0 Å². The number of rotatable bonds is 0. The summed E-state index contributed by atoms with van der Waals surface area (Å²) in [7, 11) is 0. The van der Waals surface area contributed by atoms with Gasteiger partial charge in [-0.25, -0.2) is 0 Å². The first-order valence-electron chi connectivity index (χ1n) is 5.71. The van der Waals surface area contributed by atoms with Gasteiger partial charge in [0.15, 0.2) is 0 Å². The molecular weight excluding hydrogens is 146 g/mol. The summed E-state index contributed by atoms with van der Waals surface area (Å²) in [6.45, 7) is 1.42. The largest absolute Gasteiger partial charge is 0.297 e. The van der Waals surface area contributed by atoms with E-state index in [1.807, 2.05) is 0 Å². The summed E-state index contributed by atoms with van der Waals surface area (Å²) in [6.07, 6.45) is 10.6. The molecule has 2 heterocycles. The number of hydrogen-bond donors (Lipinski definition) is 0. The normalized spacial score (nSPS) is 47.5. The van der Waals surface area contributed by atoms with Gasteiger partial charge in [0.1, 0.15) is 0 Å². The maximum Gasteiger partial charge on any atom is 0.0127 e. The molecule has 1 aliphatic carbocycles. The number of fused-ring (bicyclic) bond motifs is 3. The summed E-state index contributed by atoms with van der Waals surface area (Å²) in [5.41, 5.74) is 0. The van der Waals surface area contributed by atoms with Crippen LogP contribution < -0.4 is 0 Å². The second-order valence-electron chi connectivity index (χ2n) is 4.88. The van der Waals surface area contributed by atoms with E-state index in [1.54, 1.807) is 6.42 Å². The fourth-order valence-corrected chi connectivity index (χ4v) is 3.79. The molecule has 0 radical (unpaired) electrons. The lowest BCUT2D eigenvalue weighted by atomic mass is 9.98. The van der Waals surface area contributed by atoms with Crippen LogP contribution in [0.25, 0.3) is 0 Å². The predicted octanol–water partition coefficient (Wildman–Crippen LogP) is 2.41. The Morgan fingerprint density at radius 3 is 2.92 bits per heavy atom. The molecule has 3 rings (SSSR count). The van der Waals surface area contributed by atoms with Crippen LogP contribution >= 0.6 is 0 Å². The highest BCUT2D eigenvalue weighted by atomic mass is 15.2. The summed E-state index contributed by atoms with van der Waals surface area (Å²) in [4.78, 5) is 2.85. The lowest BCUT2D eigenvalue weighted by Gasteiger charge is -2.33. The molecule has 3 atom stereocenters. The Balaban J connectivity index is 1.79. The lowest BCUT2D eigenvalue weighted by Crippen LogP contribution is -2.39. The van der Waals surface area contributed by atoms with Gasteiger partial charge >= 0.3 is 0 Å². The molecule has 0 amide bonds. The Kier molecular flexibility index (Phi) is 1.68. The van der Waals surface area contributed by atoms with Crippen LogP contribution in [-0.4, -0.2) is 23.5 Å². The van der Waals surface area contributed by atoms with Gasteiger partial charge in [0.2, 0.25) is 0 Å². The number of hydrogen-bond acceptors (Lipinski definition) is 1. The molecule has 0 aromatic heterocycles. The van der Waals surface area contributed by atoms with Crippen LogP contribution in [0.5, 0.6) is 0 Å². The van der Waals surface area contributed by atoms with Crippen molar-refractivity contribution in [1.29, 1.82) is 0 Å². The van der Waals surface area contributed by atoms with E-state index < -0.39 is 0 Å². The SMILES string of the molecule is C1CCN2C(C1)CC1CCCC12. The third-order valence-electron chi connectivity index (χ3n) is 4.29. The Labute approximate surface area is 75.1 Å². The van der Waals surface area contributed by atoms with Gasteiger partial charge in [-0.15, -0.1) is 0 Å². The van der Waals surface area contributed by atoms with Crippen molar-refractivity contribution in [3.05, 3.63) is 0 Å². The topological polar surface area (TPSA) is 3.24 Å². The maximum atomic E-state index is 2.85. The van der Waals surface area contributed by atoms with Crippen LogP contribution in [0, 0.1) is 5.92 Å². The first kappa shape index (κ1) is 7.37. The summed E-state index contributed by atoms with van der Waals surface area (Å²) >= 11 is 0. The van der Waals surface area contributed by atoms with Crippen molar-refractivity contribution in [2.75, 3.05) is 6.54 Å². The van der Waals surface area contributed by atoms with Gasteiger partial charge in [-0.05, 0) is 44.6 Å². The van der Waals surface area contributed by atoms with E-state index in [9.17, 15) is 0 Å².